The Morgan fingerprint density at radius 1 is 1.03 bits per heavy atom. The molecule has 0 unspecified atom stereocenters. The number of amides is 1. The number of anilines is 2. The van der Waals surface area contributed by atoms with E-state index in [1.165, 1.54) is 25.3 Å². The molecule has 0 aromatic heterocycles. The number of aryl methyl sites for hydroxylation is 1. The van der Waals surface area contributed by atoms with Crippen LogP contribution in [-0.2, 0) is 10.0 Å². The van der Waals surface area contributed by atoms with Crippen molar-refractivity contribution >= 4 is 33.0 Å². The first kappa shape index (κ1) is 21.8. The summed E-state index contributed by atoms with van der Waals surface area (Å²) in [6, 6.07) is 16.5. The third-order valence-corrected chi connectivity index (χ3v) is 5.76. The van der Waals surface area contributed by atoms with Gasteiger partial charge in [0.15, 0.2) is 4.90 Å². The van der Waals surface area contributed by atoms with Gasteiger partial charge in [0.1, 0.15) is 5.75 Å². The number of nitrogens with one attached hydrogen (secondary N) is 2. The van der Waals surface area contributed by atoms with Crippen LogP contribution >= 0.6 is 0 Å². The normalized spacial score (nSPS) is 10.9. The Kier molecular flexibility index (Phi) is 6.21. The molecule has 0 heterocycles. The van der Waals surface area contributed by atoms with Gasteiger partial charge in [-0.15, -0.1) is 0 Å². The number of carbonyl (C=O) groups excluding carboxylic acids is 1. The summed E-state index contributed by atoms with van der Waals surface area (Å²) < 4.78 is 33.0. The van der Waals surface area contributed by atoms with Crippen molar-refractivity contribution in [1.29, 1.82) is 0 Å². The predicted molar refractivity (Wildman–Crippen MR) is 116 cm³/mol. The lowest BCUT2D eigenvalue weighted by Gasteiger charge is -2.13. The molecule has 0 spiro atoms. The Hall–Kier alpha value is -3.92. The zero-order chi connectivity index (χ0) is 22.6. The van der Waals surface area contributed by atoms with Gasteiger partial charge in [0.2, 0.25) is 0 Å². The molecule has 0 saturated carbocycles. The maximum absolute atomic E-state index is 12.9. The van der Waals surface area contributed by atoms with E-state index in [9.17, 15) is 23.3 Å². The molecule has 0 saturated heterocycles. The zero-order valence-electron chi connectivity index (χ0n) is 16.7. The van der Waals surface area contributed by atoms with Gasteiger partial charge in [-0.3, -0.25) is 19.6 Å². The van der Waals surface area contributed by atoms with Crippen molar-refractivity contribution in [2.45, 2.75) is 11.8 Å². The average Bonchev–Trinajstić information content (AvgIpc) is 2.73. The number of benzene rings is 3. The Labute approximate surface area is 178 Å². The number of ether oxygens (including phenoxy) is 1. The number of nitro groups is 1. The maximum atomic E-state index is 12.9. The van der Waals surface area contributed by atoms with Crippen molar-refractivity contribution in [3.63, 3.8) is 0 Å². The van der Waals surface area contributed by atoms with Crippen LogP contribution in [0.4, 0.5) is 17.1 Å². The molecule has 2 N–H and O–H groups in total. The molecule has 3 rings (SSSR count). The van der Waals surface area contributed by atoms with Crippen molar-refractivity contribution in [3.05, 3.63) is 88.0 Å². The quantitative estimate of drug-likeness (QED) is 0.422. The standard InChI is InChI=1S/C21H19N3O6S/c1-14-6-5-7-15(12-14)22-21(25)17-8-3-4-9-18(17)23-31(28,29)20-11-10-16(30-2)13-19(20)24(26)27/h3-13,23H,1-2H3,(H,22,25). The number of nitro benzene ring substituents is 1. The number of hydrogen-bond acceptors (Lipinski definition) is 6. The SMILES string of the molecule is COc1ccc(S(=O)(=O)Nc2ccccc2C(=O)Nc2cccc(C)c2)c([N+](=O)[O-])c1. The molecule has 3 aromatic carbocycles. The van der Waals surface area contributed by atoms with Gasteiger partial charge >= 0.3 is 0 Å². The average molecular weight is 441 g/mol. The van der Waals surface area contributed by atoms with E-state index in [2.05, 4.69) is 10.0 Å². The van der Waals surface area contributed by atoms with Crippen LogP contribution < -0.4 is 14.8 Å². The molecule has 0 atom stereocenters. The Morgan fingerprint density at radius 2 is 1.77 bits per heavy atom. The molecule has 0 aliphatic carbocycles. The zero-order valence-corrected chi connectivity index (χ0v) is 17.5. The lowest BCUT2D eigenvalue weighted by molar-refractivity contribution is -0.387. The van der Waals surface area contributed by atoms with Gasteiger partial charge in [-0.25, -0.2) is 8.42 Å². The first-order valence-electron chi connectivity index (χ1n) is 9.03. The van der Waals surface area contributed by atoms with Crippen molar-refractivity contribution < 1.29 is 22.9 Å². The summed E-state index contributed by atoms with van der Waals surface area (Å²) in [5.41, 5.74) is 0.891. The molecule has 0 aliphatic heterocycles. The number of rotatable bonds is 7. The number of methoxy groups -OCH3 is 1. The minimum atomic E-state index is -4.38. The van der Waals surface area contributed by atoms with Gasteiger partial charge in [-0.2, -0.15) is 0 Å². The van der Waals surface area contributed by atoms with E-state index in [1.54, 1.807) is 30.3 Å². The van der Waals surface area contributed by atoms with Crippen LogP contribution in [0.25, 0.3) is 0 Å². The predicted octanol–water partition coefficient (Wildman–Crippen LogP) is 3.96. The molecular weight excluding hydrogens is 422 g/mol. The monoisotopic (exact) mass is 441 g/mol. The smallest absolute Gasteiger partial charge is 0.293 e. The molecule has 3 aromatic rings. The lowest BCUT2D eigenvalue weighted by Crippen LogP contribution is -2.19. The van der Waals surface area contributed by atoms with Gasteiger partial charge in [0.25, 0.3) is 21.6 Å². The van der Waals surface area contributed by atoms with E-state index in [0.717, 1.165) is 17.7 Å². The molecule has 0 fully saturated rings. The van der Waals surface area contributed by atoms with Gasteiger partial charge in [0, 0.05) is 5.69 Å². The molecular formula is C21H19N3O6S. The van der Waals surface area contributed by atoms with Crippen LogP contribution in [0, 0.1) is 17.0 Å². The molecule has 160 valence electrons. The van der Waals surface area contributed by atoms with Crippen molar-refractivity contribution in [1.82, 2.24) is 0 Å². The number of para-hydroxylation sites is 1. The van der Waals surface area contributed by atoms with Crippen molar-refractivity contribution in [3.8, 4) is 5.75 Å². The Bertz CT molecular complexity index is 1260. The minimum absolute atomic E-state index is 0.0160. The largest absolute Gasteiger partial charge is 0.497 e. The molecule has 31 heavy (non-hydrogen) atoms. The van der Waals surface area contributed by atoms with Gasteiger partial charge in [-0.1, -0.05) is 24.3 Å². The molecule has 10 heteroatoms. The first-order chi connectivity index (χ1) is 14.7. The van der Waals surface area contributed by atoms with Crippen LogP contribution in [0.2, 0.25) is 0 Å². The van der Waals surface area contributed by atoms with Crippen LogP contribution in [0.3, 0.4) is 0 Å². The number of nitrogens with zero attached hydrogens (tertiary/aromatic N) is 1. The molecule has 0 aliphatic rings. The highest BCUT2D eigenvalue weighted by Crippen LogP contribution is 2.30. The summed E-state index contributed by atoms with van der Waals surface area (Å²) >= 11 is 0. The third kappa shape index (κ3) is 4.98. The highest BCUT2D eigenvalue weighted by Gasteiger charge is 2.28. The van der Waals surface area contributed by atoms with E-state index >= 15 is 0 Å². The fourth-order valence-corrected chi connectivity index (χ4v) is 4.12. The van der Waals surface area contributed by atoms with E-state index in [0.29, 0.717) is 5.69 Å². The third-order valence-electron chi connectivity index (χ3n) is 4.34. The van der Waals surface area contributed by atoms with Gasteiger partial charge in [0.05, 0.1) is 29.4 Å². The first-order valence-corrected chi connectivity index (χ1v) is 10.5. The summed E-state index contributed by atoms with van der Waals surface area (Å²) in [7, 11) is -3.06. The van der Waals surface area contributed by atoms with Crippen LogP contribution in [0.1, 0.15) is 15.9 Å². The van der Waals surface area contributed by atoms with E-state index in [-0.39, 0.29) is 17.0 Å². The highest BCUT2D eigenvalue weighted by molar-refractivity contribution is 7.92. The Morgan fingerprint density at radius 3 is 2.45 bits per heavy atom. The van der Waals surface area contributed by atoms with Crippen molar-refractivity contribution in [2.75, 3.05) is 17.1 Å². The molecule has 0 bridgehead atoms. The lowest BCUT2D eigenvalue weighted by atomic mass is 10.1. The summed E-state index contributed by atoms with van der Waals surface area (Å²) in [5, 5.41) is 14.1. The molecule has 9 nitrogen and oxygen atoms in total. The van der Waals surface area contributed by atoms with Crippen molar-refractivity contribution in [2.24, 2.45) is 0 Å². The second kappa shape index (κ2) is 8.84. The van der Waals surface area contributed by atoms with Gasteiger partial charge in [-0.05, 0) is 48.9 Å². The summed E-state index contributed by atoms with van der Waals surface area (Å²) in [4.78, 5) is 22.8. The van der Waals surface area contributed by atoms with E-state index < -0.39 is 31.4 Å². The van der Waals surface area contributed by atoms with E-state index in [4.69, 9.17) is 4.74 Å². The second-order valence-corrected chi connectivity index (χ2v) is 8.22. The van der Waals surface area contributed by atoms with Crippen LogP contribution in [-0.4, -0.2) is 26.4 Å². The maximum Gasteiger partial charge on any atom is 0.293 e. The highest BCUT2D eigenvalue weighted by atomic mass is 32.2. The van der Waals surface area contributed by atoms with Gasteiger partial charge < -0.3 is 10.1 Å². The van der Waals surface area contributed by atoms with Crippen LogP contribution in [0.15, 0.2) is 71.6 Å². The minimum Gasteiger partial charge on any atom is -0.497 e. The molecule has 1 amide bonds. The topological polar surface area (TPSA) is 128 Å². The summed E-state index contributed by atoms with van der Waals surface area (Å²) in [5.74, 6) is -0.392. The molecule has 0 radical (unpaired) electrons. The summed E-state index contributed by atoms with van der Waals surface area (Å²) in [6.45, 7) is 1.87. The number of carbonyl (C=O) groups is 1. The fraction of sp³-hybridized carbons (Fsp3) is 0.0952. The Balaban J connectivity index is 1.95. The fourth-order valence-electron chi connectivity index (χ4n) is 2.89. The van der Waals surface area contributed by atoms with Crippen LogP contribution in [0.5, 0.6) is 5.75 Å². The van der Waals surface area contributed by atoms with E-state index in [1.807, 2.05) is 13.0 Å². The number of sulfonamides is 1. The second-order valence-electron chi connectivity index (χ2n) is 6.57. The summed E-state index contributed by atoms with van der Waals surface area (Å²) in [6.07, 6.45) is 0. The number of hydrogen-bond donors (Lipinski definition) is 2.